The Balaban J connectivity index is 2.65. The molecule has 1 nitrogen and oxygen atoms in total. The summed E-state index contributed by atoms with van der Waals surface area (Å²) in [7, 11) is 0. The van der Waals surface area contributed by atoms with Gasteiger partial charge < -0.3 is 0 Å². The molecule has 100 valence electrons. The maximum atomic E-state index is 12.0. The van der Waals surface area contributed by atoms with Crippen molar-refractivity contribution in [2.75, 3.05) is 0 Å². The number of carbonyl (C=O) groups excluding carboxylic acids is 1. The monoisotopic (exact) mass is 266 g/mol. The minimum Gasteiger partial charge on any atom is -0.299 e. The third-order valence-electron chi connectivity index (χ3n) is 3.61. The van der Waals surface area contributed by atoms with E-state index >= 15 is 0 Å². The molecular formula is C16H23ClO. The largest absolute Gasteiger partial charge is 0.299 e. The Labute approximate surface area is 116 Å². The molecular weight excluding hydrogens is 244 g/mol. The molecule has 0 bridgehead atoms. The number of Topliss-reactive ketones (excluding diaryl/α,β-unsaturated/α-hetero) is 1. The quantitative estimate of drug-likeness (QED) is 0.763. The van der Waals surface area contributed by atoms with Crippen LogP contribution in [0.15, 0.2) is 18.2 Å². The van der Waals surface area contributed by atoms with Crippen molar-refractivity contribution in [1.29, 1.82) is 0 Å². The van der Waals surface area contributed by atoms with Crippen molar-refractivity contribution in [2.24, 2.45) is 11.3 Å². The van der Waals surface area contributed by atoms with Crippen LogP contribution in [-0.4, -0.2) is 5.78 Å². The van der Waals surface area contributed by atoms with E-state index in [4.69, 9.17) is 11.6 Å². The molecule has 0 N–H and O–H groups in total. The molecule has 0 saturated heterocycles. The molecule has 1 unspecified atom stereocenters. The second kappa shape index (κ2) is 5.88. The molecule has 1 atom stereocenters. The molecule has 0 amide bonds. The average molecular weight is 267 g/mol. The van der Waals surface area contributed by atoms with Crippen LogP contribution in [-0.2, 0) is 11.2 Å². The van der Waals surface area contributed by atoms with Gasteiger partial charge in [-0.3, -0.25) is 4.79 Å². The van der Waals surface area contributed by atoms with Crippen LogP contribution in [0.3, 0.4) is 0 Å². The van der Waals surface area contributed by atoms with Gasteiger partial charge in [0, 0.05) is 17.9 Å². The number of carbonyl (C=O) groups is 1. The van der Waals surface area contributed by atoms with Gasteiger partial charge in [0.25, 0.3) is 0 Å². The number of rotatable bonds is 4. The summed E-state index contributed by atoms with van der Waals surface area (Å²) in [6.45, 7) is 10.6. The first-order valence-corrected chi connectivity index (χ1v) is 6.84. The van der Waals surface area contributed by atoms with Crippen molar-refractivity contribution in [1.82, 2.24) is 0 Å². The molecule has 0 radical (unpaired) electrons. The first-order chi connectivity index (χ1) is 8.20. The fraction of sp³-hybridized carbons (Fsp3) is 0.562. The topological polar surface area (TPSA) is 17.1 Å². The Bertz CT molecular complexity index is 429. The van der Waals surface area contributed by atoms with Gasteiger partial charge in [-0.1, -0.05) is 51.4 Å². The van der Waals surface area contributed by atoms with E-state index in [2.05, 4.69) is 27.7 Å². The van der Waals surface area contributed by atoms with Crippen LogP contribution in [0.25, 0.3) is 0 Å². The summed E-state index contributed by atoms with van der Waals surface area (Å²) in [4.78, 5) is 12.0. The Kier molecular flexibility index (Phi) is 4.98. The zero-order valence-corrected chi connectivity index (χ0v) is 12.8. The van der Waals surface area contributed by atoms with Gasteiger partial charge in [0.05, 0.1) is 0 Å². The second-order valence-electron chi connectivity index (χ2n) is 6.28. The fourth-order valence-corrected chi connectivity index (χ4v) is 2.03. The van der Waals surface area contributed by atoms with Gasteiger partial charge in [0.2, 0.25) is 0 Å². The molecule has 1 rings (SSSR count). The normalized spacial score (nSPS) is 13.4. The summed E-state index contributed by atoms with van der Waals surface area (Å²) in [5, 5.41) is 0.701. The Morgan fingerprint density at radius 2 is 1.94 bits per heavy atom. The Hall–Kier alpha value is -0.820. The molecule has 0 spiro atoms. The van der Waals surface area contributed by atoms with Crippen molar-refractivity contribution in [3.63, 3.8) is 0 Å². The third kappa shape index (κ3) is 4.45. The number of hydrogen-bond donors (Lipinski definition) is 0. The number of halogens is 1. The summed E-state index contributed by atoms with van der Waals surface area (Å²) < 4.78 is 0. The summed E-state index contributed by atoms with van der Waals surface area (Å²) in [5.41, 5.74) is 2.24. The highest BCUT2D eigenvalue weighted by Gasteiger charge is 2.22. The van der Waals surface area contributed by atoms with E-state index in [0.29, 0.717) is 23.8 Å². The number of ketones is 1. The van der Waals surface area contributed by atoms with Crippen LogP contribution in [0.1, 0.15) is 45.2 Å². The minimum atomic E-state index is 0.173. The lowest BCUT2D eigenvalue weighted by atomic mass is 9.79. The van der Waals surface area contributed by atoms with Crippen LogP contribution >= 0.6 is 11.6 Å². The van der Waals surface area contributed by atoms with E-state index in [0.717, 1.165) is 11.1 Å². The lowest BCUT2D eigenvalue weighted by molar-refractivity contribution is -0.120. The van der Waals surface area contributed by atoms with Gasteiger partial charge in [-0.25, -0.2) is 0 Å². The van der Waals surface area contributed by atoms with Gasteiger partial charge in [0.15, 0.2) is 0 Å². The predicted octanol–water partition coefficient (Wildman–Crippen LogP) is 4.83. The molecule has 0 aliphatic heterocycles. The van der Waals surface area contributed by atoms with Gasteiger partial charge in [0.1, 0.15) is 5.78 Å². The maximum Gasteiger partial charge on any atom is 0.137 e. The maximum absolute atomic E-state index is 12.0. The van der Waals surface area contributed by atoms with E-state index in [1.807, 2.05) is 25.1 Å². The standard InChI is InChI=1S/C16H23ClO/c1-11-6-7-13(15(17)8-11)10-14(18)9-12(2)16(3,4)5/h6-8,12H,9-10H2,1-5H3. The molecule has 2 heteroatoms. The molecule has 18 heavy (non-hydrogen) atoms. The zero-order valence-electron chi connectivity index (χ0n) is 12.0. The van der Waals surface area contributed by atoms with Crippen LogP contribution in [0.5, 0.6) is 0 Å². The Morgan fingerprint density at radius 3 is 2.44 bits per heavy atom. The smallest absolute Gasteiger partial charge is 0.137 e. The van der Waals surface area contributed by atoms with Crippen molar-refractivity contribution < 1.29 is 4.79 Å². The predicted molar refractivity (Wildman–Crippen MR) is 78.1 cm³/mol. The second-order valence-corrected chi connectivity index (χ2v) is 6.69. The number of benzene rings is 1. The summed E-state index contributed by atoms with van der Waals surface area (Å²) in [5.74, 6) is 0.650. The van der Waals surface area contributed by atoms with Crippen molar-refractivity contribution in [2.45, 2.75) is 47.5 Å². The van der Waals surface area contributed by atoms with Gasteiger partial charge in [-0.15, -0.1) is 0 Å². The van der Waals surface area contributed by atoms with Crippen LogP contribution < -0.4 is 0 Å². The zero-order chi connectivity index (χ0) is 13.9. The first kappa shape index (κ1) is 15.2. The molecule has 0 aliphatic rings. The van der Waals surface area contributed by atoms with E-state index in [9.17, 15) is 4.79 Å². The van der Waals surface area contributed by atoms with Crippen molar-refractivity contribution >= 4 is 17.4 Å². The van der Waals surface area contributed by atoms with Gasteiger partial charge >= 0.3 is 0 Å². The summed E-state index contributed by atoms with van der Waals surface area (Å²) in [6.07, 6.45) is 1.06. The molecule has 0 saturated carbocycles. The highest BCUT2D eigenvalue weighted by Crippen LogP contribution is 2.29. The van der Waals surface area contributed by atoms with E-state index in [1.54, 1.807) is 0 Å². The lowest BCUT2D eigenvalue weighted by Crippen LogP contribution is -2.21. The number of aryl methyl sites for hydroxylation is 1. The van der Waals surface area contributed by atoms with E-state index < -0.39 is 0 Å². The average Bonchev–Trinajstić information content (AvgIpc) is 2.20. The van der Waals surface area contributed by atoms with E-state index in [-0.39, 0.29) is 11.2 Å². The Morgan fingerprint density at radius 1 is 1.33 bits per heavy atom. The first-order valence-electron chi connectivity index (χ1n) is 6.47. The van der Waals surface area contributed by atoms with Crippen molar-refractivity contribution in [3.8, 4) is 0 Å². The van der Waals surface area contributed by atoms with Crippen LogP contribution in [0.4, 0.5) is 0 Å². The third-order valence-corrected chi connectivity index (χ3v) is 3.96. The highest BCUT2D eigenvalue weighted by molar-refractivity contribution is 6.31. The number of hydrogen-bond acceptors (Lipinski definition) is 1. The molecule has 1 aromatic carbocycles. The minimum absolute atomic E-state index is 0.173. The lowest BCUT2D eigenvalue weighted by Gasteiger charge is -2.26. The summed E-state index contributed by atoms with van der Waals surface area (Å²) in [6, 6.07) is 5.87. The molecule has 0 heterocycles. The SMILES string of the molecule is Cc1ccc(CC(=O)CC(C)C(C)(C)C)c(Cl)c1. The molecule has 0 aliphatic carbocycles. The van der Waals surface area contributed by atoms with Crippen molar-refractivity contribution in [3.05, 3.63) is 34.3 Å². The molecule has 1 aromatic rings. The van der Waals surface area contributed by atoms with E-state index in [1.165, 1.54) is 0 Å². The van der Waals surface area contributed by atoms with Gasteiger partial charge in [-0.05, 0) is 35.4 Å². The molecule has 0 fully saturated rings. The van der Waals surface area contributed by atoms with Gasteiger partial charge in [-0.2, -0.15) is 0 Å². The van der Waals surface area contributed by atoms with Crippen LogP contribution in [0.2, 0.25) is 5.02 Å². The van der Waals surface area contributed by atoms with Crippen LogP contribution in [0, 0.1) is 18.3 Å². The molecule has 0 aromatic heterocycles. The summed E-state index contributed by atoms with van der Waals surface area (Å²) >= 11 is 6.15. The fourth-order valence-electron chi connectivity index (χ4n) is 1.73. The highest BCUT2D eigenvalue weighted by atomic mass is 35.5.